The maximum atomic E-state index is 9.09. The Bertz CT molecular complexity index is 273. The van der Waals surface area contributed by atoms with Gasteiger partial charge >= 0.3 is 0 Å². The summed E-state index contributed by atoms with van der Waals surface area (Å²) in [7, 11) is 0. The van der Waals surface area contributed by atoms with Crippen molar-refractivity contribution >= 4 is 12.6 Å². The van der Waals surface area contributed by atoms with E-state index >= 15 is 0 Å². The largest absolute Gasteiger partial charge is 0.396 e. The van der Waals surface area contributed by atoms with Crippen molar-refractivity contribution in [2.24, 2.45) is 11.3 Å². The second kappa shape index (κ2) is 6.65. The average Bonchev–Trinajstić information content (AvgIpc) is 2.42. The van der Waals surface area contributed by atoms with Crippen LogP contribution in [0.15, 0.2) is 23.3 Å². The van der Waals surface area contributed by atoms with Crippen LogP contribution in [0.25, 0.3) is 0 Å². The second-order valence-electron chi connectivity index (χ2n) is 6.07. The summed E-state index contributed by atoms with van der Waals surface area (Å²) in [6, 6.07) is 0. The number of aliphatic hydroxyl groups is 1. The second-order valence-corrected chi connectivity index (χ2v) is 6.52. The molecule has 0 saturated carbocycles. The first kappa shape index (κ1) is 14.8. The van der Waals surface area contributed by atoms with E-state index in [2.05, 4.69) is 45.6 Å². The molecule has 0 bridgehead atoms. The van der Waals surface area contributed by atoms with Crippen LogP contribution in [0, 0.1) is 11.3 Å². The predicted octanol–water partition coefficient (Wildman–Crippen LogP) is 4.00. The third-order valence-electron chi connectivity index (χ3n) is 3.66. The first-order valence-corrected chi connectivity index (χ1v) is 7.19. The van der Waals surface area contributed by atoms with Crippen LogP contribution in [0.2, 0.25) is 0 Å². The molecule has 0 fully saturated rings. The molecule has 0 aliphatic heterocycles. The summed E-state index contributed by atoms with van der Waals surface area (Å²) in [5.41, 5.74) is 3.23. The number of hydrogen-bond donors (Lipinski definition) is 2. The summed E-state index contributed by atoms with van der Waals surface area (Å²) in [6.45, 7) is 7.21. The highest BCUT2D eigenvalue weighted by atomic mass is 32.1. The van der Waals surface area contributed by atoms with Crippen LogP contribution in [0.1, 0.15) is 46.5 Å². The summed E-state index contributed by atoms with van der Waals surface area (Å²) in [5.74, 6) is 1.60. The van der Waals surface area contributed by atoms with E-state index in [0.717, 1.165) is 25.0 Å². The van der Waals surface area contributed by atoms with Gasteiger partial charge in [0, 0.05) is 6.61 Å². The van der Waals surface area contributed by atoms with Crippen molar-refractivity contribution in [2.75, 3.05) is 12.4 Å². The molecule has 1 N–H and O–H groups in total. The van der Waals surface area contributed by atoms with Crippen LogP contribution >= 0.6 is 12.6 Å². The van der Waals surface area contributed by atoms with Gasteiger partial charge in [-0.2, -0.15) is 12.6 Å². The Morgan fingerprint density at radius 1 is 1.18 bits per heavy atom. The van der Waals surface area contributed by atoms with Gasteiger partial charge in [-0.05, 0) is 42.8 Å². The topological polar surface area (TPSA) is 20.2 Å². The first-order valence-electron chi connectivity index (χ1n) is 6.56. The lowest BCUT2D eigenvalue weighted by Crippen LogP contribution is -2.21. The van der Waals surface area contributed by atoms with Gasteiger partial charge in [-0.25, -0.2) is 0 Å². The molecule has 0 spiro atoms. The molecule has 0 radical (unpaired) electrons. The average molecular weight is 254 g/mol. The van der Waals surface area contributed by atoms with E-state index in [1.165, 1.54) is 17.6 Å². The van der Waals surface area contributed by atoms with Gasteiger partial charge in [0.25, 0.3) is 0 Å². The lowest BCUT2D eigenvalue weighted by atomic mass is 9.74. The highest BCUT2D eigenvalue weighted by Gasteiger charge is 2.27. The summed E-state index contributed by atoms with van der Waals surface area (Å²) in [5, 5.41) is 9.09. The van der Waals surface area contributed by atoms with Crippen LogP contribution in [0.4, 0.5) is 0 Å². The van der Waals surface area contributed by atoms with Gasteiger partial charge in [-0.1, -0.05) is 44.1 Å². The SMILES string of the molecule is CC(C)(C)[C@@H]1CC(CCO)=CC=C(CCS)C1. The molecule has 1 rings (SSSR count). The van der Waals surface area contributed by atoms with Crippen molar-refractivity contribution in [3.8, 4) is 0 Å². The van der Waals surface area contributed by atoms with E-state index < -0.39 is 0 Å². The van der Waals surface area contributed by atoms with E-state index in [-0.39, 0.29) is 6.61 Å². The van der Waals surface area contributed by atoms with Crippen LogP contribution < -0.4 is 0 Å². The number of rotatable bonds is 4. The fourth-order valence-electron chi connectivity index (χ4n) is 2.35. The molecule has 1 aliphatic carbocycles. The van der Waals surface area contributed by atoms with Gasteiger partial charge in [-0.15, -0.1) is 0 Å². The van der Waals surface area contributed by atoms with Crippen LogP contribution in [-0.4, -0.2) is 17.5 Å². The van der Waals surface area contributed by atoms with Gasteiger partial charge in [-0.3, -0.25) is 0 Å². The van der Waals surface area contributed by atoms with Crippen LogP contribution in [-0.2, 0) is 0 Å². The monoisotopic (exact) mass is 254 g/mol. The predicted molar refractivity (Wildman–Crippen MR) is 78.5 cm³/mol. The Balaban J connectivity index is 2.84. The van der Waals surface area contributed by atoms with Crippen molar-refractivity contribution in [2.45, 2.75) is 46.5 Å². The van der Waals surface area contributed by atoms with E-state index in [0.29, 0.717) is 11.3 Å². The Morgan fingerprint density at radius 3 is 2.12 bits per heavy atom. The maximum absolute atomic E-state index is 9.09. The van der Waals surface area contributed by atoms with E-state index in [4.69, 9.17) is 5.11 Å². The molecule has 0 amide bonds. The summed E-state index contributed by atoms with van der Waals surface area (Å²) >= 11 is 4.33. The summed E-state index contributed by atoms with van der Waals surface area (Å²) < 4.78 is 0. The zero-order valence-electron chi connectivity index (χ0n) is 11.4. The Hall–Kier alpha value is -0.210. The summed E-state index contributed by atoms with van der Waals surface area (Å²) in [6.07, 6.45) is 8.68. The zero-order chi connectivity index (χ0) is 12.9. The fourth-order valence-corrected chi connectivity index (χ4v) is 2.63. The molecule has 98 valence electrons. The van der Waals surface area contributed by atoms with Crippen molar-refractivity contribution in [3.05, 3.63) is 23.3 Å². The minimum atomic E-state index is 0.262. The molecule has 1 atom stereocenters. The quantitative estimate of drug-likeness (QED) is 0.727. The van der Waals surface area contributed by atoms with E-state index in [1.54, 1.807) is 0 Å². The lowest BCUT2D eigenvalue weighted by molar-refractivity contribution is 0.230. The molecule has 0 aromatic carbocycles. The Labute approximate surface area is 111 Å². The lowest BCUT2D eigenvalue weighted by Gasteiger charge is -2.31. The zero-order valence-corrected chi connectivity index (χ0v) is 12.3. The van der Waals surface area contributed by atoms with Gasteiger partial charge in [0.05, 0.1) is 0 Å². The maximum Gasteiger partial charge on any atom is 0.0468 e. The normalized spacial score (nSPS) is 21.8. The summed E-state index contributed by atoms with van der Waals surface area (Å²) in [4.78, 5) is 0. The molecule has 0 unspecified atom stereocenters. The van der Waals surface area contributed by atoms with Gasteiger partial charge in [0.1, 0.15) is 0 Å². The highest BCUT2D eigenvalue weighted by Crippen LogP contribution is 2.38. The number of hydrogen-bond acceptors (Lipinski definition) is 2. The standard InChI is InChI=1S/C15H26OS/c1-15(2,3)14-10-12(6-8-16)4-5-13(11-14)7-9-17/h4-5,14,16-17H,6-11H2,1-3H3/t14-/m1/s1. The third-order valence-corrected chi connectivity index (χ3v) is 3.89. The molecule has 2 heteroatoms. The molecule has 0 aromatic heterocycles. The smallest absolute Gasteiger partial charge is 0.0468 e. The molecule has 1 aliphatic rings. The van der Waals surface area contributed by atoms with Crippen molar-refractivity contribution < 1.29 is 5.11 Å². The van der Waals surface area contributed by atoms with Crippen molar-refractivity contribution in [3.63, 3.8) is 0 Å². The van der Waals surface area contributed by atoms with Gasteiger partial charge < -0.3 is 5.11 Å². The minimum absolute atomic E-state index is 0.262. The van der Waals surface area contributed by atoms with Crippen molar-refractivity contribution in [1.82, 2.24) is 0 Å². The molecular weight excluding hydrogens is 228 g/mol. The van der Waals surface area contributed by atoms with Crippen LogP contribution in [0.3, 0.4) is 0 Å². The fraction of sp³-hybridized carbons (Fsp3) is 0.733. The molecule has 1 nitrogen and oxygen atoms in total. The van der Waals surface area contributed by atoms with Gasteiger partial charge in [0.2, 0.25) is 0 Å². The molecule has 0 aromatic rings. The molecule has 0 heterocycles. The number of thiol groups is 1. The van der Waals surface area contributed by atoms with Crippen molar-refractivity contribution in [1.29, 1.82) is 0 Å². The van der Waals surface area contributed by atoms with E-state index in [1.807, 2.05) is 0 Å². The molecule has 17 heavy (non-hydrogen) atoms. The van der Waals surface area contributed by atoms with Gasteiger partial charge in [0.15, 0.2) is 0 Å². The number of allylic oxidation sites excluding steroid dienone is 3. The number of aliphatic hydroxyl groups excluding tert-OH is 1. The molecular formula is C15H26OS. The Morgan fingerprint density at radius 2 is 1.71 bits per heavy atom. The minimum Gasteiger partial charge on any atom is -0.396 e. The van der Waals surface area contributed by atoms with E-state index in [9.17, 15) is 0 Å². The highest BCUT2D eigenvalue weighted by molar-refractivity contribution is 7.80. The molecule has 0 saturated heterocycles. The van der Waals surface area contributed by atoms with Crippen LogP contribution in [0.5, 0.6) is 0 Å². The Kier molecular flexibility index (Phi) is 5.81. The first-order chi connectivity index (χ1) is 7.97. The third kappa shape index (κ3) is 4.89.